The van der Waals surface area contributed by atoms with Crippen molar-refractivity contribution in [1.82, 2.24) is 9.55 Å². The van der Waals surface area contributed by atoms with Crippen molar-refractivity contribution >= 4 is 15.9 Å². The van der Waals surface area contributed by atoms with Crippen LogP contribution in [0.25, 0.3) is 0 Å². The summed E-state index contributed by atoms with van der Waals surface area (Å²) in [4.78, 5) is 4.54. The van der Waals surface area contributed by atoms with E-state index in [0.29, 0.717) is 0 Å². The highest BCUT2D eigenvalue weighted by Crippen LogP contribution is 2.25. The molecule has 94 valence electrons. The van der Waals surface area contributed by atoms with Crippen LogP contribution in [0, 0.1) is 0 Å². The SMILES string of the molecule is NC1CCCn2c1cnc2Cc1ccc(Br)cc1. The van der Waals surface area contributed by atoms with E-state index in [1.54, 1.807) is 0 Å². The summed E-state index contributed by atoms with van der Waals surface area (Å²) in [5.74, 6) is 1.13. The summed E-state index contributed by atoms with van der Waals surface area (Å²) in [5.41, 5.74) is 8.58. The fourth-order valence-electron chi connectivity index (χ4n) is 2.53. The summed E-state index contributed by atoms with van der Waals surface area (Å²) in [6, 6.07) is 8.57. The van der Waals surface area contributed by atoms with Crippen molar-refractivity contribution in [1.29, 1.82) is 0 Å². The molecule has 2 heterocycles. The first-order chi connectivity index (χ1) is 8.74. The fourth-order valence-corrected chi connectivity index (χ4v) is 2.79. The number of benzene rings is 1. The van der Waals surface area contributed by atoms with E-state index in [4.69, 9.17) is 5.73 Å². The first-order valence-electron chi connectivity index (χ1n) is 6.28. The maximum Gasteiger partial charge on any atom is 0.113 e. The van der Waals surface area contributed by atoms with Crippen LogP contribution in [0.3, 0.4) is 0 Å². The fraction of sp³-hybridized carbons (Fsp3) is 0.357. The lowest BCUT2D eigenvalue weighted by atomic mass is 10.1. The normalized spacial score (nSPS) is 18.7. The molecule has 0 radical (unpaired) electrons. The molecule has 4 heteroatoms. The lowest BCUT2D eigenvalue weighted by Crippen LogP contribution is -2.22. The molecule has 1 aliphatic heterocycles. The summed E-state index contributed by atoms with van der Waals surface area (Å²) in [7, 11) is 0. The maximum absolute atomic E-state index is 6.11. The third kappa shape index (κ3) is 2.22. The lowest BCUT2D eigenvalue weighted by molar-refractivity contribution is 0.454. The predicted octanol–water partition coefficient (Wildman–Crippen LogP) is 3.03. The Morgan fingerprint density at radius 1 is 1.33 bits per heavy atom. The van der Waals surface area contributed by atoms with Gasteiger partial charge in [0.15, 0.2) is 0 Å². The Bertz CT molecular complexity index is 545. The average molecular weight is 306 g/mol. The quantitative estimate of drug-likeness (QED) is 0.927. The first-order valence-corrected chi connectivity index (χ1v) is 7.07. The van der Waals surface area contributed by atoms with E-state index >= 15 is 0 Å². The topological polar surface area (TPSA) is 43.8 Å². The molecule has 0 spiro atoms. The predicted molar refractivity (Wildman–Crippen MR) is 75.3 cm³/mol. The molecule has 2 aromatic rings. The number of imidazole rings is 1. The Kier molecular flexibility index (Phi) is 3.22. The molecule has 1 atom stereocenters. The van der Waals surface area contributed by atoms with Crippen molar-refractivity contribution in [3.8, 4) is 0 Å². The number of nitrogens with zero attached hydrogens (tertiary/aromatic N) is 2. The van der Waals surface area contributed by atoms with Gasteiger partial charge in [0.1, 0.15) is 5.82 Å². The minimum Gasteiger partial charge on any atom is -0.330 e. The third-order valence-corrected chi connectivity index (χ3v) is 4.05. The average Bonchev–Trinajstić information content (AvgIpc) is 2.77. The molecule has 0 aliphatic carbocycles. The highest BCUT2D eigenvalue weighted by Gasteiger charge is 2.20. The van der Waals surface area contributed by atoms with Crippen molar-refractivity contribution in [3.05, 3.63) is 52.0 Å². The molecule has 18 heavy (non-hydrogen) atoms. The van der Waals surface area contributed by atoms with Crippen molar-refractivity contribution in [2.45, 2.75) is 31.8 Å². The van der Waals surface area contributed by atoms with Gasteiger partial charge < -0.3 is 10.3 Å². The number of fused-ring (bicyclic) bond motifs is 1. The molecular weight excluding hydrogens is 290 g/mol. The van der Waals surface area contributed by atoms with Crippen molar-refractivity contribution in [2.75, 3.05) is 0 Å². The van der Waals surface area contributed by atoms with E-state index in [9.17, 15) is 0 Å². The van der Waals surface area contributed by atoms with Crippen LogP contribution in [0.4, 0.5) is 0 Å². The zero-order chi connectivity index (χ0) is 12.5. The number of halogens is 1. The largest absolute Gasteiger partial charge is 0.330 e. The van der Waals surface area contributed by atoms with Gasteiger partial charge in [-0.25, -0.2) is 4.98 Å². The summed E-state index contributed by atoms with van der Waals surface area (Å²) in [5, 5.41) is 0. The molecule has 2 N–H and O–H groups in total. The van der Waals surface area contributed by atoms with Gasteiger partial charge in [-0.05, 0) is 30.5 Å². The van der Waals surface area contributed by atoms with Gasteiger partial charge >= 0.3 is 0 Å². The summed E-state index contributed by atoms with van der Waals surface area (Å²) < 4.78 is 3.40. The molecule has 1 aliphatic rings. The zero-order valence-corrected chi connectivity index (χ0v) is 11.7. The van der Waals surface area contributed by atoms with E-state index in [2.05, 4.69) is 49.7 Å². The van der Waals surface area contributed by atoms with Gasteiger partial charge in [0.2, 0.25) is 0 Å². The van der Waals surface area contributed by atoms with Crippen molar-refractivity contribution in [2.24, 2.45) is 5.73 Å². The Hall–Kier alpha value is -1.13. The Morgan fingerprint density at radius 3 is 2.89 bits per heavy atom. The minimum atomic E-state index is 0.157. The van der Waals surface area contributed by atoms with Gasteiger partial charge in [-0.2, -0.15) is 0 Å². The van der Waals surface area contributed by atoms with Gasteiger partial charge in [-0.3, -0.25) is 0 Å². The molecule has 1 aromatic heterocycles. The molecule has 1 unspecified atom stereocenters. The van der Waals surface area contributed by atoms with Crippen LogP contribution in [0.15, 0.2) is 34.9 Å². The molecule has 0 bridgehead atoms. The van der Waals surface area contributed by atoms with Crippen LogP contribution in [0.1, 0.15) is 36.0 Å². The minimum absolute atomic E-state index is 0.157. The van der Waals surface area contributed by atoms with Crippen LogP contribution < -0.4 is 5.73 Å². The van der Waals surface area contributed by atoms with Gasteiger partial charge in [0.05, 0.1) is 11.9 Å². The lowest BCUT2D eigenvalue weighted by Gasteiger charge is -2.22. The van der Waals surface area contributed by atoms with Crippen molar-refractivity contribution < 1.29 is 0 Å². The molecule has 0 amide bonds. The maximum atomic E-state index is 6.11. The number of hydrogen-bond acceptors (Lipinski definition) is 2. The van der Waals surface area contributed by atoms with Crippen LogP contribution in [-0.4, -0.2) is 9.55 Å². The van der Waals surface area contributed by atoms with Gasteiger partial charge in [-0.1, -0.05) is 28.1 Å². The van der Waals surface area contributed by atoms with E-state index < -0.39 is 0 Å². The highest BCUT2D eigenvalue weighted by molar-refractivity contribution is 9.10. The van der Waals surface area contributed by atoms with Gasteiger partial charge in [0.25, 0.3) is 0 Å². The zero-order valence-electron chi connectivity index (χ0n) is 10.1. The Morgan fingerprint density at radius 2 is 2.11 bits per heavy atom. The van der Waals surface area contributed by atoms with Crippen LogP contribution in [0.2, 0.25) is 0 Å². The van der Waals surface area contributed by atoms with Crippen LogP contribution in [0.5, 0.6) is 0 Å². The van der Waals surface area contributed by atoms with Gasteiger partial charge in [-0.15, -0.1) is 0 Å². The molecule has 0 saturated carbocycles. The number of rotatable bonds is 2. The van der Waals surface area contributed by atoms with Gasteiger partial charge in [0, 0.05) is 23.5 Å². The van der Waals surface area contributed by atoms with E-state index in [1.165, 1.54) is 11.3 Å². The number of nitrogens with two attached hydrogens (primary N) is 1. The monoisotopic (exact) mass is 305 g/mol. The van der Waals surface area contributed by atoms with E-state index in [1.807, 2.05) is 6.20 Å². The standard InChI is InChI=1S/C14H16BrN3/c15-11-5-3-10(4-6-11)8-14-17-9-13-12(16)2-1-7-18(13)14/h3-6,9,12H,1-2,7-8,16H2. The second-order valence-corrected chi connectivity index (χ2v) is 5.72. The second-order valence-electron chi connectivity index (χ2n) is 4.80. The summed E-state index contributed by atoms with van der Waals surface area (Å²) in [6.45, 7) is 1.05. The number of aromatic nitrogens is 2. The Balaban J connectivity index is 1.87. The summed E-state index contributed by atoms with van der Waals surface area (Å²) >= 11 is 3.45. The molecule has 3 rings (SSSR count). The first kappa shape index (κ1) is 11.9. The Labute approximate surface area is 115 Å². The van der Waals surface area contributed by atoms with E-state index in [-0.39, 0.29) is 6.04 Å². The molecule has 3 nitrogen and oxygen atoms in total. The summed E-state index contributed by atoms with van der Waals surface area (Å²) in [6.07, 6.45) is 5.04. The smallest absolute Gasteiger partial charge is 0.113 e. The third-order valence-electron chi connectivity index (χ3n) is 3.52. The highest BCUT2D eigenvalue weighted by atomic mass is 79.9. The van der Waals surface area contributed by atoms with Crippen LogP contribution >= 0.6 is 15.9 Å². The number of hydrogen-bond donors (Lipinski definition) is 1. The second kappa shape index (κ2) is 4.86. The molecule has 0 fully saturated rings. The molecular formula is C14H16BrN3. The molecule has 0 saturated heterocycles. The van der Waals surface area contributed by atoms with Crippen LogP contribution in [-0.2, 0) is 13.0 Å². The molecule has 1 aromatic carbocycles. The van der Waals surface area contributed by atoms with Crippen molar-refractivity contribution in [3.63, 3.8) is 0 Å². The van der Waals surface area contributed by atoms with E-state index in [0.717, 1.165) is 36.1 Å².